The smallest absolute Gasteiger partial charge is 0.352 e. The predicted octanol–water partition coefficient (Wildman–Crippen LogP) is -3.18. The minimum Gasteiger partial charge on any atom is -0.394 e. The molecule has 2 rings (SSSR count). The highest BCUT2D eigenvalue weighted by atomic mass is 16.6. The Balaban J connectivity index is 2.47. The van der Waals surface area contributed by atoms with Crippen LogP contribution in [0.1, 0.15) is 6.23 Å². The Morgan fingerprint density at radius 2 is 1.95 bits per heavy atom. The summed E-state index contributed by atoms with van der Waals surface area (Å²) in [6, 6.07) is 1.15. The summed E-state index contributed by atoms with van der Waals surface area (Å²) in [7, 11) is 3.04. The van der Waals surface area contributed by atoms with E-state index >= 15 is 0 Å². The Labute approximate surface area is 113 Å². The van der Waals surface area contributed by atoms with E-state index in [0.717, 1.165) is 15.3 Å². The molecule has 0 aliphatic carbocycles. The molecule has 0 radical (unpaired) electrons. The third-order valence-corrected chi connectivity index (χ3v) is 3.18. The molecule has 2 heterocycles. The van der Waals surface area contributed by atoms with Crippen molar-refractivity contribution in [3.8, 4) is 0 Å². The summed E-state index contributed by atoms with van der Waals surface area (Å²) < 4.78 is 7.12. The van der Waals surface area contributed by atoms with Gasteiger partial charge in [-0.05, 0) is 0 Å². The van der Waals surface area contributed by atoms with Crippen LogP contribution in [0.3, 0.4) is 0 Å². The molecule has 9 nitrogen and oxygen atoms in total. The molecule has 112 valence electrons. The van der Waals surface area contributed by atoms with Crippen molar-refractivity contribution in [1.82, 2.24) is 9.24 Å². The van der Waals surface area contributed by atoms with Crippen molar-refractivity contribution in [3.63, 3.8) is 0 Å². The van der Waals surface area contributed by atoms with Crippen molar-refractivity contribution in [1.29, 1.82) is 0 Å². The van der Waals surface area contributed by atoms with E-state index in [2.05, 4.69) is 0 Å². The van der Waals surface area contributed by atoms with Gasteiger partial charge in [-0.15, -0.1) is 0 Å². The summed E-state index contributed by atoms with van der Waals surface area (Å²) in [6.07, 6.45) is -3.65. The number of hydrogen-bond donors (Lipinski definition) is 3. The minimum atomic E-state index is -1.38. The van der Waals surface area contributed by atoms with Gasteiger partial charge in [-0.25, -0.2) is 4.79 Å². The fraction of sp³-hybridized carbons (Fsp3) is 0.636. The van der Waals surface area contributed by atoms with Crippen molar-refractivity contribution >= 4 is 0 Å². The highest BCUT2D eigenvalue weighted by molar-refractivity contribution is 4.96. The summed E-state index contributed by atoms with van der Waals surface area (Å²) in [5.41, 5.74) is -1.24. The van der Waals surface area contributed by atoms with Crippen LogP contribution >= 0.6 is 0 Å². The first-order chi connectivity index (χ1) is 9.38. The second kappa shape index (κ2) is 5.37. The summed E-state index contributed by atoms with van der Waals surface area (Å²) in [4.78, 5) is 23.8. The molecule has 9 heteroatoms. The molecule has 3 N–H and O–H groups in total. The predicted molar refractivity (Wildman–Crippen MR) is 68.0 cm³/mol. The standard InChI is InChI=1S/C11H17N3O6/c1-12(2)14-7(16)3-4-13(11(14)19)10-9(18)8(17)6(5-15)20-10/h3-4,6,8-10,15,17-18H,5H2,1-2H3/t6-,8-,9-,10-/m1/s1. The molecule has 0 saturated carbocycles. The number of rotatable bonds is 3. The lowest BCUT2D eigenvalue weighted by Crippen LogP contribution is -2.50. The maximum Gasteiger partial charge on any atom is 0.352 e. The summed E-state index contributed by atoms with van der Waals surface area (Å²) in [5.74, 6) is 0. The number of hydrogen-bond acceptors (Lipinski definition) is 7. The molecular weight excluding hydrogens is 270 g/mol. The van der Waals surface area contributed by atoms with Crippen LogP contribution < -0.4 is 16.3 Å². The van der Waals surface area contributed by atoms with Crippen LogP contribution in [-0.2, 0) is 4.74 Å². The van der Waals surface area contributed by atoms with Gasteiger partial charge >= 0.3 is 5.69 Å². The van der Waals surface area contributed by atoms with Crippen LogP contribution in [0, 0.1) is 0 Å². The maximum atomic E-state index is 12.2. The second-order valence-electron chi connectivity index (χ2n) is 4.73. The molecule has 1 aromatic heterocycles. The molecule has 0 spiro atoms. The molecule has 1 aromatic rings. The Morgan fingerprint density at radius 1 is 1.30 bits per heavy atom. The molecule has 0 aromatic carbocycles. The van der Waals surface area contributed by atoms with Gasteiger partial charge in [0.15, 0.2) is 6.23 Å². The van der Waals surface area contributed by atoms with Gasteiger partial charge in [0, 0.05) is 26.4 Å². The second-order valence-corrected chi connectivity index (χ2v) is 4.73. The number of aliphatic hydroxyl groups excluding tert-OH is 3. The Morgan fingerprint density at radius 3 is 2.45 bits per heavy atom. The molecule has 1 aliphatic rings. The summed E-state index contributed by atoms with van der Waals surface area (Å²) in [5, 5.41) is 29.9. The van der Waals surface area contributed by atoms with Crippen LogP contribution in [0.5, 0.6) is 0 Å². The zero-order valence-electron chi connectivity index (χ0n) is 11.1. The fourth-order valence-corrected chi connectivity index (χ4v) is 2.15. The molecule has 1 aliphatic heterocycles. The first kappa shape index (κ1) is 14.7. The molecule has 1 fully saturated rings. The molecule has 4 atom stereocenters. The normalized spacial score (nSPS) is 29.6. The van der Waals surface area contributed by atoms with Gasteiger partial charge in [-0.1, -0.05) is 0 Å². The van der Waals surface area contributed by atoms with Gasteiger partial charge < -0.3 is 25.1 Å². The Kier molecular flexibility index (Phi) is 3.95. The minimum absolute atomic E-state index is 0.489. The van der Waals surface area contributed by atoms with Crippen LogP contribution in [0.2, 0.25) is 0 Å². The number of nitrogens with zero attached hydrogens (tertiary/aromatic N) is 3. The van der Waals surface area contributed by atoms with E-state index in [0.29, 0.717) is 0 Å². The van der Waals surface area contributed by atoms with Crippen LogP contribution in [0.4, 0.5) is 0 Å². The van der Waals surface area contributed by atoms with Gasteiger partial charge in [-0.3, -0.25) is 9.36 Å². The van der Waals surface area contributed by atoms with E-state index in [1.807, 2.05) is 0 Å². The lowest BCUT2D eigenvalue weighted by molar-refractivity contribution is -0.0555. The Bertz CT molecular complexity index is 595. The summed E-state index contributed by atoms with van der Waals surface area (Å²) >= 11 is 0. The van der Waals surface area contributed by atoms with E-state index in [1.165, 1.54) is 25.3 Å². The molecule has 20 heavy (non-hydrogen) atoms. The number of ether oxygens (including phenoxy) is 1. The number of aliphatic hydroxyl groups is 3. The lowest BCUT2D eigenvalue weighted by atomic mass is 10.1. The topological polar surface area (TPSA) is 117 Å². The van der Waals surface area contributed by atoms with Crippen molar-refractivity contribution < 1.29 is 20.1 Å². The van der Waals surface area contributed by atoms with Crippen molar-refractivity contribution in [3.05, 3.63) is 33.1 Å². The highest BCUT2D eigenvalue weighted by Crippen LogP contribution is 2.27. The van der Waals surface area contributed by atoms with Gasteiger partial charge in [0.25, 0.3) is 5.56 Å². The van der Waals surface area contributed by atoms with Gasteiger partial charge in [0.2, 0.25) is 0 Å². The molecule has 1 saturated heterocycles. The van der Waals surface area contributed by atoms with E-state index in [9.17, 15) is 19.8 Å². The van der Waals surface area contributed by atoms with Gasteiger partial charge in [0.1, 0.15) is 18.3 Å². The SMILES string of the molecule is CN(C)n1c(=O)ccn([C@@H]2O[C@H](CO)[C@@H](O)[C@H]2O)c1=O. The largest absolute Gasteiger partial charge is 0.394 e. The molecule has 0 bridgehead atoms. The van der Waals surface area contributed by atoms with E-state index in [4.69, 9.17) is 9.84 Å². The van der Waals surface area contributed by atoms with E-state index in [1.54, 1.807) is 0 Å². The first-order valence-electron chi connectivity index (χ1n) is 6.02. The zero-order valence-corrected chi connectivity index (χ0v) is 11.1. The third kappa shape index (κ3) is 2.24. The zero-order chi connectivity index (χ0) is 15.0. The maximum absolute atomic E-state index is 12.2. The average molecular weight is 287 g/mol. The van der Waals surface area contributed by atoms with Crippen molar-refractivity contribution in [2.75, 3.05) is 25.7 Å². The molecule has 0 amide bonds. The average Bonchev–Trinajstić information content (AvgIpc) is 2.66. The summed E-state index contributed by atoms with van der Waals surface area (Å²) in [6.45, 7) is -0.489. The van der Waals surface area contributed by atoms with E-state index < -0.39 is 42.4 Å². The van der Waals surface area contributed by atoms with Crippen molar-refractivity contribution in [2.24, 2.45) is 0 Å². The fourth-order valence-electron chi connectivity index (χ4n) is 2.15. The Hall–Kier alpha value is -1.68. The van der Waals surface area contributed by atoms with Crippen LogP contribution in [0.25, 0.3) is 0 Å². The molecule has 0 unspecified atom stereocenters. The molecular formula is C11H17N3O6. The first-order valence-corrected chi connectivity index (χ1v) is 6.02. The quantitative estimate of drug-likeness (QED) is 0.536. The van der Waals surface area contributed by atoms with Crippen LogP contribution in [0.15, 0.2) is 21.9 Å². The third-order valence-electron chi connectivity index (χ3n) is 3.18. The number of aromatic nitrogens is 2. The van der Waals surface area contributed by atoms with Crippen molar-refractivity contribution in [2.45, 2.75) is 24.5 Å². The highest BCUT2D eigenvalue weighted by Gasteiger charge is 2.43. The van der Waals surface area contributed by atoms with Gasteiger partial charge in [-0.2, -0.15) is 4.68 Å². The van der Waals surface area contributed by atoms with Crippen LogP contribution in [-0.4, -0.2) is 63.6 Å². The monoisotopic (exact) mass is 287 g/mol. The van der Waals surface area contributed by atoms with E-state index in [-0.39, 0.29) is 0 Å². The lowest BCUT2D eigenvalue weighted by Gasteiger charge is -2.21. The van der Waals surface area contributed by atoms with Gasteiger partial charge in [0.05, 0.1) is 6.61 Å².